The molecule has 0 bridgehead atoms. The first-order valence-electron chi connectivity index (χ1n) is 6.93. The van der Waals surface area contributed by atoms with E-state index in [0.717, 1.165) is 0 Å². The minimum absolute atomic E-state index is 0.310. The Morgan fingerprint density at radius 2 is 1.88 bits per heavy atom. The molecule has 1 heterocycles. The van der Waals surface area contributed by atoms with Gasteiger partial charge in [0, 0.05) is 5.69 Å². The Morgan fingerprint density at radius 3 is 2.54 bits per heavy atom. The number of nitrogens with zero attached hydrogens (tertiary/aromatic N) is 2. The molecule has 3 aromatic rings. The fourth-order valence-electron chi connectivity index (χ4n) is 1.92. The zero-order valence-electron chi connectivity index (χ0n) is 12.2. The molecule has 0 fully saturated rings. The van der Waals surface area contributed by atoms with Gasteiger partial charge in [0.2, 0.25) is 0 Å². The van der Waals surface area contributed by atoms with E-state index in [1.165, 1.54) is 36.7 Å². The van der Waals surface area contributed by atoms with Gasteiger partial charge in [-0.1, -0.05) is 11.6 Å². The van der Waals surface area contributed by atoms with Crippen LogP contribution >= 0.6 is 11.6 Å². The smallest absolute Gasteiger partial charge is 0.257 e. The molecule has 0 aliphatic carbocycles. The van der Waals surface area contributed by atoms with Gasteiger partial charge in [0.25, 0.3) is 5.91 Å². The van der Waals surface area contributed by atoms with Crippen LogP contribution in [-0.2, 0) is 0 Å². The second-order valence-corrected chi connectivity index (χ2v) is 5.19. The largest absolute Gasteiger partial charge is 0.456 e. The molecular weight excluding hydrogens is 333 g/mol. The monoisotopic (exact) mass is 343 g/mol. The van der Waals surface area contributed by atoms with E-state index in [2.05, 4.69) is 15.5 Å². The van der Waals surface area contributed by atoms with Gasteiger partial charge in [-0.3, -0.25) is 4.79 Å². The van der Waals surface area contributed by atoms with E-state index in [0.29, 0.717) is 27.8 Å². The number of carbonyl (C=O) groups excluding carboxylic acids is 1. The molecule has 0 unspecified atom stereocenters. The highest BCUT2D eigenvalue weighted by Gasteiger charge is 2.09. The summed E-state index contributed by atoms with van der Waals surface area (Å²) in [7, 11) is 0. The number of nitrogens with one attached hydrogen (secondary N) is 1. The summed E-state index contributed by atoms with van der Waals surface area (Å²) >= 11 is 6.17. The quantitative estimate of drug-likeness (QED) is 0.766. The van der Waals surface area contributed by atoms with Crippen molar-refractivity contribution < 1.29 is 13.9 Å². The van der Waals surface area contributed by atoms with Gasteiger partial charge in [-0.05, 0) is 48.5 Å². The second-order valence-electron chi connectivity index (χ2n) is 4.79. The van der Waals surface area contributed by atoms with E-state index in [1.54, 1.807) is 24.3 Å². The average Bonchev–Trinajstić information content (AvgIpc) is 2.60. The highest BCUT2D eigenvalue weighted by Crippen LogP contribution is 2.31. The summed E-state index contributed by atoms with van der Waals surface area (Å²) in [5, 5.41) is 10.3. The van der Waals surface area contributed by atoms with Crippen LogP contribution in [0.1, 0.15) is 10.4 Å². The van der Waals surface area contributed by atoms with Crippen LogP contribution in [0.3, 0.4) is 0 Å². The van der Waals surface area contributed by atoms with Crippen LogP contribution in [0.5, 0.6) is 11.5 Å². The zero-order valence-corrected chi connectivity index (χ0v) is 13.0. The zero-order chi connectivity index (χ0) is 16.9. The highest BCUT2D eigenvalue weighted by molar-refractivity contribution is 6.32. The first kappa shape index (κ1) is 15.9. The van der Waals surface area contributed by atoms with E-state index in [1.807, 2.05) is 0 Å². The van der Waals surface area contributed by atoms with E-state index in [-0.39, 0.29) is 11.7 Å². The molecule has 0 spiro atoms. The minimum atomic E-state index is -0.350. The first-order valence-corrected chi connectivity index (χ1v) is 7.30. The number of hydrogen-bond acceptors (Lipinski definition) is 4. The Bertz CT molecular complexity index is 857. The molecular formula is C17H11ClFN3O2. The molecule has 0 radical (unpaired) electrons. The number of anilines is 1. The molecule has 0 aliphatic rings. The standard InChI is InChI=1S/C17H11ClFN3O2/c18-15-9-13(22-17(23)11-7-8-20-21-10-11)3-6-16(15)24-14-4-1-12(19)2-5-14/h1-10H,(H,22,23). The molecule has 0 saturated heterocycles. The SMILES string of the molecule is O=C(Nc1ccc(Oc2ccc(F)cc2)c(Cl)c1)c1ccnnc1. The van der Waals surface area contributed by atoms with Gasteiger partial charge in [-0.15, -0.1) is 0 Å². The van der Waals surface area contributed by atoms with Gasteiger partial charge in [0.15, 0.2) is 0 Å². The van der Waals surface area contributed by atoms with Crippen LogP contribution in [-0.4, -0.2) is 16.1 Å². The number of aromatic nitrogens is 2. The van der Waals surface area contributed by atoms with Crippen LogP contribution in [0, 0.1) is 5.82 Å². The van der Waals surface area contributed by atoms with E-state index in [9.17, 15) is 9.18 Å². The van der Waals surface area contributed by atoms with E-state index >= 15 is 0 Å². The second kappa shape index (κ2) is 7.06. The average molecular weight is 344 g/mol. The van der Waals surface area contributed by atoms with Crippen LogP contribution in [0.2, 0.25) is 5.02 Å². The lowest BCUT2D eigenvalue weighted by Crippen LogP contribution is -2.12. The normalized spacial score (nSPS) is 10.2. The molecule has 3 rings (SSSR count). The van der Waals surface area contributed by atoms with Crippen molar-refractivity contribution in [3.05, 3.63) is 77.3 Å². The van der Waals surface area contributed by atoms with Crippen molar-refractivity contribution in [1.29, 1.82) is 0 Å². The van der Waals surface area contributed by atoms with Crippen molar-refractivity contribution in [3.63, 3.8) is 0 Å². The lowest BCUT2D eigenvalue weighted by molar-refractivity contribution is 0.102. The Labute approximate surface area is 142 Å². The third-order valence-electron chi connectivity index (χ3n) is 3.08. The number of amides is 1. The number of rotatable bonds is 4. The molecule has 0 aliphatic heterocycles. The molecule has 24 heavy (non-hydrogen) atoms. The summed E-state index contributed by atoms with van der Waals surface area (Å²) in [6.45, 7) is 0. The van der Waals surface area contributed by atoms with Crippen molar-refractivity contribution >= 4 is 23.2 Å². The van der Waals surface area contributed by atoms with Gasteiger partial charge in [0.1, 0.15) is 17.3 Å². The number of hydrogen-bond donors (Lipinski definition) is 1. The van der Waals surface area contributed by atoms with E-state index in [4.69, 9.17) is 16.3 Å². The molecule has 2 aromatic carbocycles. The topological polar surface area (TPSA) is 64.1 Å². The van der Waals surface area contributed by atoms with Crippen molar-refractivity contribution in [1.82, 2.24) is 10.2 Å². The first-order chi connectivity index (χ1) is 11.6. The van der Waals surface area contributed by atoms with Crippen LogP contribution in [0.15, 0.2) is 60.9 Å². The summed E-state index contributed by atoms with van der Waals surface area (Å²) in [5.74, 6) is 0.176. The molecule has 0 saturated carbocycles. The lowest BCUT2D eigenvalue weighted by atomic mass is 10.2. The molecule has 5 nitrogen and oxygen atoms in total. The van der Waals surface area contributed by atoms with Gasteiger partial charge in [-0.2, -0.15) is 10.2 Å². The van der Waals surface area contributed by atoms with Gasteiger partial charge < -0.3 is 10.1 Å². The fraction of sp³-hybridized carbons (Fsp3) is 0. The van der Waals surface area contributed by atoms with Crippen molar-refractivity contribution in [2.24, 2.45) is 0 Å². The third-order valence-corrected chi connectivity index (χ3v) is 3.37. The fourth-order valence-corrected chi connectivity index (χ4v) is 2.14. The van der Waals surface area contributed by atoms with Gasteiger partial charge >= 0.3 is 0 Å². The third kappa shape index (κ3) is 3.85. The van der Waals surface area contributed by atoms with Crippen LogP contribution in [0.25, 0.3) is 0 Å². The predicted molar refractivity (Wildman–Crippen MR) is 87.9 cm³/mol. The molecule has 1 aromatic heterocycles. The number of benzene rings is 2. The molecule has 0 atom stereocenters. The summed E-state index contributed by atoms with van der Waals surface area (Å²) in [6.07, 6.45) is 2.80. The maximum atomic E-state index is 12.9. The summed E-state index contributed by atoms with van der Waals surface area (Å²) in [4.78, 5) is 12.0. The van der Waals surface area contributed by atoms with Crippen LogP contribution < -0.4 is 10.1 Å². The van der Waals surface area contributed by atoms with Crippen molar-refractivity contribution in [2.45, 2.75) is 0 Å². The number of carbonyl (C=O) groups is 1. The molecule has 1 N–H and O–H groups in total. The van der Waals surface area contributed by atoms with Gasteiger partial charge in [-0.25, -0.2) is 4.39 Å². The molecule has 120 valence electrons. The van der Waals surface area contributed by atoms with Crippen LogP contribution in [0.4, 0.5) is 10.1 Å². The van der Waals surface area contributed by atoms with E-state index < -0.39 is 0 Å². The van der Waals surface area contributed by atoms with Crippen molar-refractivity contribution in [3.8, 4) is 11.5 Å². The highest BCUT2D eigenvalue weighted by atomic mass is 35.5. The lowest BCUT2D eigenvalue weighted by Gasteiger charge is -2.10. The minimum Gasteiger partial charge on any atom is -0.456 e. The summed E-state index contributed by atoms with van der Waals surface area (Å²) in [5.41, 5.74) is 0.890. The number of ether oxygens (including phenoxy) is 1. The Kier molecular flexibility index (Phi) is 4.67. The summed E-state index contributed by atoms with van der Waals surface area (Å²) < 4.78 is 18.5. The van der Waals surface area contributed by atoms with Gasteiger partial charge in [0.05, 0.1) is 23.0 Å². The maximum Gasteiger partial charge on any atom is 0.257 e. The molecule has 7 heteroatoms. The maximum absolute atomic E-state index is 12.9. The number of halogens is 2. The Hall–Kier alpha value is -2.99. The van der Waals surface area contributed by atoms with Crippen molar-refractivity contribution in [2.75, 3.05) is 5.32 Å². The summed E-state index contributed by atoms with van der Waals surface area (Å²) in [6, 6.07) is 12.0. The molecule has 1 amide bonds. The Balaban J connectivity index is 1.72. The predicted octanol–water partition coefficient (Wildman–Crippen LogP) is 4.31. The Morgan fingerprint density at radius 1 is 1.08 bits per heavy atom.